The predicted octanol–water partition coefficient (Wildman–Crippen LogP) is 3.96. The van der Waals surface area contributed by atoms with Crippen LogP contribution >= 0.6 is 0 Å². The molecule has 0 radical (unpaired) electrons. The van der Waals surface area contributed by atoms with Gasteiger partial charge in [0.1, 0.15) is 28.7 Å². The summed E-state index contributed by atoms with van der Waals surface area (Å²) in [6, 6.07) is 3.70. The standard InChI is InChI=1S/C29H29F4N7O4S/c1-15(2)38-45(42,43)40-22(10-17-13-44-14-23(17)40)28-37-25(26-27(34)36-7-8-39(26)28)20-4-3-16(9-21(20)30)24(41)12-19-11-18(5-6-35-19)29(31,32)33/h3-9,11,15,17,22-23,38H,10,12-14H2,1-2H3,(H2,34,36)/t17-,22-,23+/m0/s1. The lowest BCUT2D eigenvalue weighted by Crippen LogP contribution is -2.48. The van der Waals surface area contributed by atoms with E-state index >= 15 is 4.39 Å². The fraction of sp³-hybridized carbons (Fsp3) is 0.379. The Balaban J connectivity index is 1.37. The summed E-state index contributed by atoms with van der Waals surface area (Å²) in [4.78, 5) is 25.6. The number of hydrogen-bond donors (Lipinski definition) is 2. The van der Waals surface area contributed by atoms with Gasteiger partial charge in [-0.15, -0.1) is 0 Å². The number of pyridine rings is 1. The average Bonchev–Trinajstić information content (AvgIpc) is 3.65. The normalized spacial score (nSPS) is 20.7. The second-order valence-corrected chi connectivity index (χ2v) is 13.0. The van der Waals surface area contributed by atoms with Crippen molar-refractivity contribution in [1.29, 1.82) is 0 Å². The van der Waals surface area contributed by atoms with E-state index in [1.807, 2.05) is 0 Å². The molecule has 5 heterocycles. The van der Waals surface area contributed by atoms with Gasteiger partial charge in [-0.05, 0) is 44.5 Å². The Kier molecular flexibility index (Phi) is 7.87. The number of ketones is 1. The fourth-order valence-corrected chi connectivity index (χ4v) is 7.87. The monoisotopic (exact) mass is 647 g/mol. The summed E-state index contributed by atoms with van der Waals surface area (Å²) in [5, 5.41) is 0. The Morgan fingerprint density at radius 1 is 1.16 bits per heavy atom. The fourth-order valence-electron chi connectivity index (χ4n) is 6.05. The van der Waals surface area contributed by atoms with Crippen molar-refractivity contribution in [2.75, 3.05) is 18.9 Å². The lowest BCUT2D eigenvalue weighted by atomic mass is 10.0. The zero-order valence-electron chi connectivity index (χ0n) is 24.1. The molecule has 0 saturated carbocycles. The molecular weight excluding hydrogens is 618 g/mol. The van der Waals surface area contributed by atoms with Crippen molar-refractivity contribution in [1.82, 2.24) is 28.4 Å². The van der Waals surface area contributed by atoms with E-state index in [1.165, 1.54) is 22.6 Å². The SMILES string of the molecule is CC(C)NS(=O)(=O)N1[C@@H]2COC[C@@H]2C[C@H]1c1nc(-c2ccc(C(=O)Cc3cc(C(F)(F)F)ccn3)cc2F)c2c(N)nccn12. The number of anilines is 1. The Bertz CT molecular complexity index is 1900. The Hall–Kier alpha value is -3.99. The summed E-state index contributed by atoms with van der Waals surface area (Å²) in [5.41, 5.74) is 5.43. The van der Waals surface area contributed by atoms with Gasteiger partial charge in [-0.25, -0.2) is 14.4 Å². The molecule has 1 aromatic carbocycles. The first-order chi connectivity index (χ1) is 21.2. The average molecular weight is 648 g/mol. The highest BCUT2D eigenvalue weighted by molar-refractivity contribution is 7.87. The molecule has 16 heteroatoms. The quantitative estimate of drug-likeness (QED) is 0.216. The van der Waals surface area contributed by atoms with Crippen LogP contribution in [0.15, 0.2) is 48.9 Å². The number of Topliss-reactive ketones (excluding diaryl/α,β-unsaturated/α-hetero) is 1. The molecule has 6 rings (SSSR count). The van der Waals surface area contributed by atoms with Crippen LogP contribution in [-0.2, 0) is 27.5 Å². The first-order valence-corrected chi connectivity index (χ1v) is 15.5. The molecule has 0 spiro atoms. The molecule has 2 aliphatic rings. The molecule has 3 N–H and O–H groups in total. The topological polar surface area (TPSA) is 145 Å². The van der Waals surface area contributed by atoms with E-state index < -0.39 is 52.1 Å². The molecule has 4 aromatic rings. The zero-order chi connectivity index (χ0) is 32.3. The maximum atomic E-state index is 15.7. The maximum absolute atomic E-state index is 15.7. The summed E-state index contributed by atoms with van der Waals surface area (Å²) in [5.74, 6) is -1.22. The number of aromatic nitrogens is 4. The van der Waals surface area contributed by atoms with Gasteiger partial charge in [-0.1, -0.05) is 6.07 Å². The number of ether oxygens (including phenoxy) is 1. The second kappa shape index (κ2) is 11.4. The molecule has 0 unspecified atom stereocenters. The third-order valence-corrected chi connectivity index (χ3v) is 9.78. The van der Waals surface area contributed by atoms with Crippen molar-refractivity contribution in [3.63, 3.8) is 0 Å². The number of carbonyl (C=O) groups excluding carboxylic acids is 1. The number of carbonyl (C=O) groups is 1. The van der Waals surface area contributed by atoms with Crippen LogP contribution in [0.4, 0.5) is 23.4 Å². The molecule has 2 fully saturated rings. The zero-order valence-corrected chi connectivity index (χ0v) is 24.9. The lowest BCUT2D eigenvalue weighted by molar-refractivity contribution is -0.137. The van der Waals surface area contributed by atoms with Gasteiger partial charge in [0.05, 0.1) is 37.3 Å². The summed E-state index contributed by atoms with van der Waals surface area (Å²) in [6.07, 6.45) is -0.703. The van der Waals surface area contributed by atoms with E-state index in [2.05, 4.69) is 14.7 Å². The molecule has 0 amide bonds. The van der Waals surface area contributed by atoms with Crippen molar-refractivity contribution in [2.45, 2.75) is 51.0 Å². The van der Waals surface area contributed by atoms with Crippen molar-refractivity contribution < 1.29 is 35.5 Å². The number of benzene rings is 1. The second-order valence-electron chi connectivity index (χ2n) is 11.4. The van der Waals surface area contributed by atoms with E-state index in [4.69, 9.17) is 15.5 Å². The number of alkyl halides is 3. The van der Waals surface area contributed by atoms with Crippen LogP contribution in [0.1, 0.15) is 53.7 Å². The number of imidazole rings is 1. The van der Waals surface area contributed by atoms with E-state index in [9.17, 15) is 26.4 Å². The van der Waals surface area contributed by atoms with Crippen LogP contribution in [-0.4, -0.2) is 63.2 Å². The molecule has 11 nitrogen and oxygen atoms in total. The number of nitrogens with zero attached hydrogens (tertiary/aromatic N) is 5. The molecule has 238 valence electrons. The van der Waals surface area contributed by atoms with Gasteiger partial charge >= 0.3 is 6.18 Å². The van der Waals surface area contributed by atoms with Crippen molar-refractivity contribution in [3.8, 4) is 11.3 Å². The van der Waals surface area contributed by atoms with Crippen LogP contribution in [0, 0.1) is 11.7 Å². The van der Waals surface area contributed by atoms with E-state index in [1.54, 1.807) is 24.4 Å². The molecule has 3 aromatic heterocycles. The van der Waals surface area contributed by atoms with Crippen LogP contribution in [0.2, 0.25) is 0 Å². The van der Waals surface area contributed by atoms with Gasteiger partial charge in [0, 0.05) is 47.4 Å². The Morgan fingerprint density at radius 3 is 2.64 bits per heavy atom. The van der Waals surface area contributed by atoms with Crippen molar-refractivity contribution >= 4 is 27.3 Å². The summed E-state index contributed by atoms with van der Waals surface area (Å²) in [6.45, 7) is 4.04. The largest absolute Gasteiger partial charge is 0.416 e. The summed E-state index contributed by atoms with van der Waals surface area (Å²) < 4.78 is 93.3. The maximum Gasteiger partial charge on any atom is 0.416 e. The Labute approximate surface area is 255 Å². The lowest BCUT2D eigenvalue weighted by Gasteiger charge is -2.28. The number of halogens is 4. The van der Waals surface area contributed by atoms with E-state index in [-0.39, 0.29) is 52.4 Å². The van der Waals surface area contributed by atoms with Crippen LogP contribution < -0.4 is 10.5 Å². The molecule has 45 heavy (non-hydrogen) atoms. The number of nitrogens with two attached hydrogens (primary N) is 1. The van der Waals surface area contributed by atoms with E-state index in [0.717, 1.165) is 24.4 Å². The van der Waals surface area contributed by atoms with Crippen LogP contribution in [0.3, 0.4) is 0 Å². The highest BCUT2D eigenvalue weighted by Crippen LogP contribution is 2.45. The highest BCUT2D eigenvalue weighted by atomic mass is 32.2. The number of rotatable bonds is 8. The third kappa shape index (κ3) is 5.78. The van der Waals surface area contributed by atoms with Crippen molar-refractivity contribution in [3.05, 3.63) is 77.4 Å². The first-order valence-electron chi connectivity index (χ1n) is 14.1. The van der Waals surface area contributed by atoms with Gasteiger partial charge in [-0.3, -0.25) is 14.2 Å². The summed E-state index contributed by atoms with van der Waals surface area (Å²) in [7, 11) is -3.98. The smallest absolute Gasteiger partial charge is 0.382 e. The van der Waals surface area contributed by atoms with Gasteiger partial charge < -0.3 is 10.5 Å². The van der Waals surface area contributed by atoms with Crippen LogP contribution in [0.5, 0.6) is 0 Å². The van der Waals surface area contributed by atoms with E-state index in [0.29, 0.717) is 18.9 Å². The number of nitrogen functional groups attached to an aromatic ring is 1. The van der Waals surface area contributed by atoms with Crippen LogP contribution in [0.25, 0.3) is 16.8 Å². The molecule has 3 atom stereocenters. The molecule has 2 aliphatic heterocycles. The first kappa shape index (κ1) is 31.0. The van der Waals surface area contributed by atoms with Gasteiger partial charge in [0.15, 0.2) is 5.78 Å². The van der Waals surface area contributed by atoms with Crippen molar-refractivity contribution in [2.24, 2.45) is 5.92 Å². The number of nitrogens with one attached hydrogen (secondary N) is 1. The minimum atomic E-state index is -4.60. The summed E-state index contributed by atoms with van der Waals surface area (Å²) >= 11 is 0. The van der Waals surface area contributed by atoms with Gasteiger partial charge in [-0.2, -0.15) is 30.6 Å². The Morgan fingerprint density at radius 2 is 1.93 bits per heavy atom. The number of fused-ring (bicyclic) bond motifs is 2. The number of hydrogen-bond acceptors (Lipinski definition) is 8. The van der Waals surface area contributed by atoms with Gasteiger partial charge in [0.25, 0.3) is 10.2 Å². The predicted molar refractivity (Wildman–Crippen MR) is 155 cm³/mol. The van der Waals surface area contributed by atoms with Gasteiger partial charge in [0.2, 0.25) is 0 Å². The molecule has 2 saturated heterocycles. The molecular formula is C29H29F4N7O4S. The third-order valence-electron chi connectivity index (χ3n) is 7.93. The molecule has 0 bridgehead atoms. The molecule has 0 aliphatic carbocycles. The minimum Gasteiger partial charge on any atom is -0.382 e. The highest BCUT2D eigenvalue weighted by Gasteiger charge is 2.52. The minimum absolute atomic E-state index is 0.0246.